The molecular weight excluding hydrogens is 430 g/mol. The first-order valence-electron chi connectivity index (χ1n) is 12.9. The fraction of sp³-hybridized carbons (Fsp3) is 0.667. The van der Waals surface area contributed by atoms with Crippen molar-refractivity contribution >= 4 is 17.7 Å². The molecule has 0 saturated carbocycles. The van der Waals surface area contributed by atoms with Crippen LogP contribution < -0.4 is 16.0 Å². The van der Waals surface area contributed by atoms with Gasteiger partial charge in [-0.3, -0.25) is 14.4 Å². The van der Waals surface area contributed by atoms with Gasteiger partial charge in [-0.2, -0.15) is 0 Å². The average Bonchev–Trinajstić information content (AvgIpc) is 2.81. The SMILES string of the molecule is CC(C)C[C@@H]1NC(=O)C(Cc2ccccc2)CCCCCCCCNC(=O)C[C@@H](CO)NC1=O. The van der Waals surface area contributed by atoms with Crippen LogP contribution >= 0.6 is 0 Å². The molecule has 7 nitrogen and oxygen atoms in total. The highest BCUT2D eigenvalue weighted by Gasteiger charge is 2.28. The number of hydrogen-bond donors (Lipinski definition) is 4. The number of rotatable bonds is 5. The van der Waals surface area contributed by atoms with Gasteiger partial charge in [-0.1, -0.05) is 76.3 Å². The highest BCUT2D eigenvalue weighted by molar-refractivity contribution is 5.89. The van der Waals surface area contributed by atoms with Gasteiger partial charge >= 0.3 is 0 Å². The van der Waals surface area contributed by atoms with E-state index in [2.05, 4.69) is 16.0 Å². The second-order valence-corrected chi connectivity index (χ2v) is 9.93. The molecular formula is C27H43N3O4. The Morgan fingerprint density at radius 3 is 2.26 bits per heavy atom. The average molecular weight is 474 g/mol. The van der Waals surface area contributed by atoms with Crippen molar-refractivity contribution in [3.63, 3.8) is 0 Å². The van der Waals surface area contributed by atoms with Crippen LogP contribution in [0.4, 0.5) is 0 Å². The van der Waals surface area contributed by atoms with Gasteiger partial charge in [-0.15, -0.1) is 0 Å². The quantitative estimate of drug-likeness (QED) is 0.527. The third-order valence-electron chi connectivity index (χ3n) is 6.34. The Labute approximate surface area is 204 Å². The number of benzene rings is 1. The fourth-order valence-electron chi connectivity index (χ4n) is 4.43. The van der Waals surface area contributed by atoms with Crippen molar-refractivity contribution < 1.29 is 19.5 Å². The van der Waals surface area contributed by atoms with Gasteiger partial charge < -0.3 is 21.1 Å². The number of aliphatic hydroxyl groups excluding tert-OH is 1. The minimum atomic E-state index is -0.707. The Bertz CT molecular complexity index is 754. The van der Waals surface area contributed by atoms with E-state index in [9.17, 15) is 19.5 Å². The molecule has 0 bridgehead atoms. The van der Waals surface area contributed by atoms with E-state index < -0.39 is 12.1 Å². The molecule has 1 aliphatic rings. The van der Waals surface area contributed by atoms with Crippen LogP contribution in [0.1, 0.15) is 77.2 Å². The Morgan fingerprint density at radius 1 is 0.912 bits per heavy atom. The lowest BCUT2D eigenvalue weighted by Crippen LogP contribution is -2.53. The Balaban J connectivity index is 2.17. The zero-order valence-corrected chi connectivity index (χ0v) is 20.9. The van der Waals surface area contributed by atoms with E-state index in [1.165, 1.54) is 0 Å². The van der Waals surface area contributed by atoms with Crippen molar-refractivity contribution in [2.75, 3.05) is 13.2 Å². The van der Waals surface area contributed by atoms with Gasteiger partial charge in [0.25, 0.3) is 0 Å². The van der Waals surface area contributed by atoms with Gasteiger partial charge in [0.2, 0.25) is 17.7 Å². The number of carbonyl (C=O) groups excluding carboxylic acids is 3. The highest BCUT2D eigenvalue weighted by atomic mass is 16.3. The van der Waals surface area contributed by atoms with Gasteiger partial charge in [0.05, 0.1) is 12.6 Å². The van der Waals surface area contributed by atoms with Crippen LogP contribution in [0.2, 0.25) is 0 Å². The summed E-state index contributed by atoms with van der Waals surface area (Å²) in [7, 11) is 0. The maximum absolute atomic E-state index is 13.3. The predicted octanol–water partition coefficient (Wildman–Crippen LogP) is 3.10. The number of nitrogens with one attached hydrogen (secondary N) is 3. The molecule has 1 aliphatic heterocycles. The standard InChI is InChI=1S/C27H43N3O4/c1-20(2)16-24-27(34)29-23(19-31)18-25(32)28-15-11-6-4-3-5-10-14-22(26(33)30-24)17-21-12-8-7-9-13-21/h7-9,12-13,20,22-24,31H,3-6,10-11,14-19H2,1-2H3,(H,28,32)(H,29,34)(H,30,33)/t22?,23-,24-/m0/s1. The van der Waals surface area contributed by atoms with Crippen LogP contribution in [0.15, 0.2) is 30.3 Å². The van der Waals surface area contributed by atoms with Crippen molar-refractivity contribution in [1.29, 1.82) is 0 Å². The van der Waals surface area contributed by atoms with E-state index in [1.54, 1.807) is 0 Å². The lowest BCUT2D eigenvalue weighted by atomic mass is 9.91. The van der Waals surface area contributed by atoms with Crippen LogP contribution in [-0.4, -0.2) is 48.1 Å². The molecule has 0 spiro atoms. The summed E-state index contributed by atoms with van der Waals surface area (Å²) in [5, 5.41) is 18.4. The normalized spacial score (nSPS) is 24.5. The van der Waals surface area contributed by atoms with Gasteiger partial charge in [-0.05, 0) is 37.2 Å². The minimum absolute atomic E-state index is 0.0151. The molecule has 0 aromatic heterocycles. The molecule has 1 heterocycles. The molecule has 0 aliphatic carbocycles. The van der Waals surface area contributed by atoms with E-state index in [0.717, 1.165) is 50.5 Å². The first kappa shape index (κ1) is 27.8. The molecule has 2 rings (SSSR count). The van der Waals surface area contributed by atoms with Gasteiger partial charge in [-0.25, -0.2) is 0 Å². The Morgan fingerprint density at radius 2 is 1.59 bits per heavy atom. The van der Waals surface area contributed by atoms with Crippen LogP contribution in [0.3, 0.4) is 0 Å². The summed E-state index contributed by atoms with van der Waals surface area (Å²) in [4.78, 5) is 38.6. The van der Waals surface area contributed by atoms with Crippen LogP contribution in [0.25, 0.3) is 0 Å². The maximum atomic E-state index is 13.3. The Kier molecular flexibility index (Phi) is 12.7. The molecule has 3 atom stereocenters. The van der Waals surface area contributed by atoms with E-state index in [-0.39, 0.29) is 42.6 Å². The van der Waals surface area contributed by atoms with Crippen LogP contribution in [0.5, 0.6) is 0 Å². The summed E-state index contributed by atoms with van der Waals surface area (Å²) >= 11 is 0. The summed E-state index contributed by atoms with van der Waals surface area (Å²) in [5.74, 6) is -0.661. The van der Waals surface area contributed by atoms with Gasteiger partial charge in [0.15, 0.2) is 0 Å². The monoisotopic (exact) mass is 473 g/mol. The minimum Gasteiger partial charge on any atom is -0.394 e. The smallest absolute Gasteiger partial charge is 0.242 e. The predicted molar refractivity (Wildman–Crippen MR) is 134 cm³/mol. The van der Waals surface area contributed by atoms with Crippen molar-refractivity contribution in [3.8, 4) is 0 Å². The lowest BCUT2D eigenvalue weighted by Gasteiger charge is -2.26. The molecule has 34 heavy (non-hydrogen) atoms. The maximum Gasteiger partial charge on any atom is 0.242 e. The summed E-state index contributed by atoms with van der Waals surface area (Å²) in [6, 6.07) is 8.61. The number of aliphatic hydroxyl groups is 1. The lowest BCUT2D eigenvalue weighted by molar-refractivity contribution is -0.132. The molecule has 7 heteroatoms. The molecule has 1 aromatic rings. The third kappa shape index (κ3) is 10.7. The fourth-order valence-corrected chi connectivity index (χ4v) is 4.43. The number of amides is 3. The van der Waals surface area contributed by atoms with Crippen molar-refractivity contribution in [2.24, 2.45) is 11.8 Å². The van der Waals surface area contributed by atoms with E-state index >= 15 is 0 Å². The van der Waals surface area contributed by atoms with Gasteiger partial charge in [0.1, 0.15) is 6.04 Å². The van der Waals surface area contributed by atoms with Crippen molar-refractivity contribution in [3.05, 3.63) is 35.9 Å². The van der Waals surface area contributed by atoms with E-state index in [4.69, 9.17) is 0 Å². The first-order chi connectivity index (χ1) is 16.4. The zero-order chi connectivity index (χ0) is 24.8. The Hall–Kier alpha value is -2.41. The number of carbonyl (C=O) groups is 3. The molecule has 1 saturated heterocycles. The second kappa shape index (κ2) is 15.5. The molecule has 190 valence electrons. The second-order valence-electron chi connectivity index (χ2n) is 9.93. The summed E-state index contributed by atoms with van der Waals surface area (Å²) in [6.45, 7) is 4.28. The summed E-state index contributed by atoms with van der Waals surface area (Å²) in [6.07, 6.45) is 8.14. The molecule has 1 aromatic carbocycles. The van der Waals surface area contributed by atoms with Gasteiger partial charge in [0, 0.05) is 18.9 Å². The zero-order valence-electron chi connectivity index (χ0n) is 20.9. The first-order valence-corrected chi connectivity index (χ1v) is 12.9. The highest BCUT2D eigenvalue weighted by Crippen LogP contribution is 2.19. The largest absolute Gasteiger partial charge is 0.394 e. The summed E-state index contributed by atoms with van der Waals surface area (Å²) < 4.78 is 0. The molecule has 1 fully saturated rings. The topological polar surface area (TPSA) is 108 Å². The third-order valence-corrected chi connectivity index (χ3v) is 6.34. The van der Waals surface area contributed by atoms with Crippen molar-refractivity contribution in [2.45, 2.75) is 90.1 Å². The summed E-state index contributed by atoms with van der Waals surface area (Å²) in [5.41, 5.74) is 1.11. The van der Waals surface area contributed by atoms with Crippen LogP contribution in [0, 0.1) is 11.8 Å². The molecule has 4 N–H and O–H groups in total. The van der Waals surface area contributed by atoms with Crippen LogP contribution in [-0.2, 0) is 20.8 Å². The molecule has 0 radical (unpaired) electrons. The molecule has 3 amide bonds. The van der Waals surface area contributed by atoms with E-state index in [0.29, 0.717) is 19.4 Å². The molecule has 1 unspecified atom stereocenters. The van der Waals surface area contributed by atoms with Crippen molar-refractivity contribution in [1.82, 2.24) is 16.0 Å². The number of hydrogen-bond acceptors (Lipinski definition) is 4. The van der Waals surface area contributed by atoms with E-state index in [1.807, 2.05) is 44.2 Å².